The predicted octanol–water partition coefficient (Wildman–Crippen LogP) is 3.68. The Kier molecular flexibility index (Phi) is 5.27. The van der Waals surface area contributed by atoms with Gasteiger partial charge in [-0.3, -0.25) is 9.40 Å². The highest BCUT2D eigenvalue weighted by Crippen LogP contribution is 2.31. The van der Waals surface area contributed by atoms with Crippen molar-refractivity contribution in [2.24, 2.45) is 0 Å². The highest BCUT2D eigenvalue weighted by molar-refractivity contribution is 7.92. The minimum absolute atomic E-state index is 0.101. The van der Waals surface area contributed by atoms with Crippen LogP contribution in [0.1, 0.15) is 0 Å². The van der Waals surface area contributed by atoms with E-state index in [1.54, 1.807) is 36.5 Å². The predicted molar refractivity (Wildman–Crippen MR) is 102 cm³/mol. The minimum Gasteiger partial charge on any atom is -0.494 e. The average molecular weight is 387 g/mol. The molecule has 0 unspecified atom stereocenters. The molecule has 3 rings (SSSR count). The molecule has 8 heteroatoms. The van der Waals surface area contributed by atoms with Gasteiger partial charge in [-0.25, -0.2) is 12.8 Å². The number of ether oxygens (including phenoxy) is 1. The molecule has 27 heavy (non-hydrogen) atoms. The van der Waals surface area contributed by atoms with Crippen molar-refractivity contribution in [3.05, 3.63) is 73.2 Å². The molecule has 140 valence electrons. The van der Waals surface area contributed by atoms with E-state index in [0.29, 0.717) is 17.7 Å². The highest BCUT2D eigenvalue weighted by atomic mass is 32.2. The Morgan fingerprint density at radius 1 is 1.26 bits per heavy atom. The van der Waals surface area contributed by atoms with Crippen molar-refractivity contribution in [2.45, 2.75) is 11.4 Å². The van der Waals surface area contributed by atoms with Crippen molar-refractivity contribution in [1.82, 2.24) is 9.78 Å². The fraction of sp³-hybridized carbons (Fsp3) is 0.105. The average Bonchev–Trinajstić information content (AvgIpc) is 3.04. The van der Waals surface area contributed by atoms with Gasteiger partial charge < -0.3 is 4.74 Å². The van der Waals surface area contributed by atoms with Gasteiger partial charge >= 0.3 is 0 Å². The van der Waals surface area contributed by atoms with Gasteiger partial charge in [-0.1, -0.05) is 30.3 Å². The summed E-state index contributed by atoms with van der Waals surface area (Å²) in [5.74, 6) is -0.350. The van der Waals surface area contributed by atoms with Gasteiger partial charge in [-0.05, 0) is 29.8 Å². The monoisotopic (exact) mass is 387 g/mol. The molecule has 3 aromatic rings. The molecular weight excluding hydrogens is 369 g/mol. The lowest BCUT2D eigenvalue weighted by Crippen LogP contribution is -2.14. The molecule has 6 nitrogen and oxygen atoms in total. The Morgan fingerprint density at radius 3 is 2.63 bits per heavy atom. The summed E-state index contributed by atoms with van der Waals surface area (Å²) in [6.45, 7) is 4.02. The van der Waals surface area contributed by atoms with Crippen LogP contribution in [0.4, 0.5) is 10.2 Å². The summed E-state index contributed by atoms with van der Waals surface area (Å²) in [5, 5.41) is 4.26. The van der Waals surface area contributed by atoms with Crippen molar-refractivity contribution in [2.75, 3.05) is 11.8 Å². The van der Waals surface area contributed by atoms with Gasteiger partial charge in [0, 0.05) is 11.8 Å². The van der Waals surface area contributed by atoms with Crippen LogP contribution in [0.25, 0.3) is 11.1 Å². The van der Waals surface area contributed by atoms with Gasteiger partial charge in [0.25, 0.3) is 10.0 Å². The number of halogens is 1. The van der Waals surface area contributed by atoms with Crippen LogP contribution < -0.4 is 9.46 Å². The minimum atomic E-state index is -3.84. The molecule has 0 radical (unpaired) electrons. The Hall–Kier alpha value is -3.13. The van der Waals surface area contributed by atoms with E-state index in [1.165, 1.54) is 36.1 Å². The van der Waals surface area contributed by atoms with Crippen LogP contribution in [0.5, 0.6) is 5.75 Å². The maximum atomic E-state index is 14.1. The molecule has 0 atom stereocenters. The van der Waals surface area contributed by atoms with E-state index in [0.717, 1.165) is 0 Å². The van der Waals surface area contributed by atoms with Crippen molar-refractivity contribution in [3.63, 3.8) is 0 Å². The molecule has 1 aromatic heterocycles. The number of rotatable bonds is 7. The number of nitrogens with one attached hydrogen (secondary N) is 1. The zero-order chi connectivity index (χ0) is 19.4. The molecule has 0 aliphatic rings. The van der Waals surface area contributed by atoms with Gasteiger partial charge in [0.15, 0.2) is 17.4 Å². The molecule has 1 heterocycles. The maximum Gasteiger partial charge on any atom is 0.263 e. The van der Waals surface area contributed by atoms with Crippen LogP contribution in [0, 0.1) is 5.82 Å². The summed E-state index contributed by atoms with van der Waals surface area (Å²) in [6, 6.07) is 12.3. The van der Waals surface area contributed by atoms with Crippen LogP contribution >= 0.6 is 0 Å². The number of benzene rings is 2. The first-order chi connectivity index (χ1) is 12.9. The zero-order valence-corrected chi connectivity index (χ0v) is 15.4. The summed E-state index contributed by atoms with van der Waals surface area (Å²) in [5.41, 5.74) is 0.910. The Bertz CT molecular complexity index is 1060. The van der Waals surface area contributed by atoms with Crippen LogP contribution in [0.15, 0.2) is 72.3 Å². The second-order valence-electron chi connectivity index (χ2n) is 5.67. The van der Waals surface area contributed by atoms with Crippen molar-refractivity contribution < 1.29 is 17.5 Å². The molecule has 0 amide bonds. The molecule has 0 bridgehead atoms. The van der Waals surface area contributed by atoms with E-state index in [9.17, 15) is 12.8 Å². The summed E-state index contributed by atoms with van der Waals surface area (Å²) >= 11 is 0. The van der Waals surface area contributed by atoms with E-state index in [4.69, 9.17) is 4.74 Å². The number of anilines is 1. The van der Waals surface area contributed by atoms with Crippen LogP contribution in [-0.2, 0) is 16.6 Å². The largest absolute Gasteiger partial charge is 0.494 e. The Labute approximate surface area is 157 Å². The molecular formula is C19H18FN3O3S. The van der Waals surface area contributed by atoms with Crippen molar-refractivity contribution >= 4 is 15.8 Å². The molecule has 0 aliphatic heterocycles. The number of allylic oxidation sites excluding steroid dienone is 1. The number of methoxy groups -OCH3 is 1. The van der Waals surface area contributed by atoms with Crippen LogP contribution in [-0.4, -0.2) is 25.3 Å². The van der Waals surface area contributed by atoms with Crippen LogP contribution in [0.2, 0.25) is 0 Å². The smallest absolute Gasteiger partial charge is 0.263 e. The summed E-state index contributed by atoms with van der Waals surface area (Å²) in [6.07, 6.45) is 3.26. The molecule has 0 aliphatic carbocycles. The highest BCUT2D eigenvalue weighted by Gasteiger charge is 2.20. The third-order valence-corrected chi connectivity index (χ3v) is 5.18. The normalized spacial score (nSPS) is 11.2. The van der Waals surface area contributed by atoms with Gasteiger partial charge in [0.05, 0.1) is 18.6 Å². The molecule has 0 spiro atoms. The number of nitrogens with zero attached hydrogens (tertiary/aromatic N) is 2. The van der Waals surface area contributed by atoms with Gasteiger partial charge in [-0.15, -0.1) is 6.58 Å². The third-order valence-electron chi connectivity index (χ3n) is 3.83. The fourth-order valence-corrected chi connectivity index (χ4v) is 3.59. The van der Waals surface area contributed by atoms with E-state index in [1.807, 2.05) is 0 Å². The van der Waals surface area contributed by atoms with E-state index < -0.39 is 15.8 Å². The fourth-order valence-electron chi connectivity index (χ4n) is 2.55. The number of hydrogen-bond acceptors (Lipinski definition) is 4. The third kappa shape index (κ3) is 4.01. The second kappa shape index (κ2) is 7.63. The van der Waals surface area contributed by atoms with Crippen molar-refractivity contribution in [1.29, 1.82) is 0 Å². The Morgan fingerprint density at radius 2 is 2.00 bits per heavy atom. The number of sulfonamides is 1. The summed E-state index contributed by atoms with van der Waals surface area (Å²) < 4.78 is 48.3. The first kappa shape index (κ1) is 18.7. The van der Waals surface area contributed by atoms with E-state index in [2.05, 4.69) is 16.4 Å². The molecule has 2 aromatic carbocycles. The second-order valence-corrected chi connectivity index (χ2v) is 7.35. The summed E-state index contributed by atoms with van der Waals surface area (Å²) in [4.78, 5) is 0.107. The molecule has 0 saturated heterocycles. The quantitative estimate of drug-likeness (QED) is 0.628. The maximum absolute atomic E-state index is 14.1. The lowest BCUT2D eigenvalue weighted by molar-refractivity contribution is 0.386. The summed E-state index contributed by atoms with van der Waals surface area (Å²) in [7, 11) is -2.46. The molecule has 0 fully saturated rings. The zero-order valence-electron chi connectivity index (χ0n) is 14.6. The standard InChI is InChI=1S/C19H18FN3O3S/c1-3-11-23-13-16(14-9-10-18(26-2)17(20)12-14)19(21-23)22-27(24,25)15-7-5-4-6-8-15/h3-10,12-13H,1,11H2,2H3,(H,21,22). The van der Waals surface area contributed by atoms with Crippen LogP contribution in [0.3, 0.4) is 0 Å². The van der Waals surface area contributed by atoms with Crippen molar-refractivity contribution in [3.8, 4) is 16.9 Å². The number of aromatic nitrogens is 2. The molecule has 1 N–H and O–H groups in total. The van der Waals surface area contributed by atoms with E-state index in [-0.39, 0.29) is 16.5 Å². The molecule has 0 saturated carbocycles. The first-order valence-electron chi connectivity index (χ1n) is 8.04. The lowest BCUT2D eigenvalue weighted by Gasteiger charge is -2.08. The lowest BCUT2D eigenvalue weighted by atomic mass is 10.1. The number of hydrogen-bond donors (Lipinski definition) is 1. The van der Waals surface area contributed by atoms with E-state index >= 15 is 0 Å². The topological polar surface area (TPSA) is 73.2 Å². The van der Waals surface area contributed by atoms with Gasteiger partial charge in [0.1, 0.15) is 0 Å². The SMILES string of the molecule is C=CCn1cc(-c2ccc(OC)c(F)c2)c(NS(=O)(=O)c2ccccc2)n1. The van der Waals surface area contributed by atoms with Gasteiger partial charge in [-0.2, -0.15) is 5.10 Å². The first-order valence-corrected chi connectivity index (χ1v) is 9.53. The Balaban J connectivity index is 2.05. The van der Waals surface area contributed by atoms with Gasteiger partial charge in [0.2, 0.25) is 0 Å².